The largest absolute Gasteiger partial charge is 0.399 e. The average molecular weight is 259 g/mol. The Morgan fingerprint density at radius 1 is 1.47 bits per heavy atom. The van der Waals surface area contributed by atoms with Crippen molar-refractivity contribution in [1.82, 2.24) is 9.55 Å². The highest BCUT2D eigenvalue weighted by Crippen LogP contribution is 2.33. The molecule has 1 aliphatic heterocycles. The van der Waals surface area contributed by atoms with Gasteiger partial charge in [0.1, 0.15) is 5.82 Å². The van der Waals surface area contributed by atoms with Gasteiger partial charge in [0.05, 0.1) is 23.2 Å². The van der Waals surface area contributed by atoms with Crippen molar-refractivity contribution in [2.24, 2.45) is 0 Å². The highest BCUT2D eigenvalue weighted by molar-refractivity contribution is 5.80. The Hall–Kier alpha value is -1.55. The third kappa shape index (κ3) is 2.00. The molecule has 0 aliphatic carbocycles. The van der Waals surface area contributed by atoms with Gasteiger partial charge in [0.2, 0.25) is 0 Å². The Balaban J connectivity index is 2.20. The molecule has 19 heavy (non-hydrogen) atoms. The van der Waals surface area contributed by atoms with Gasteiger partial charge in [-0.2, -0.15) is 0 Å². The minimum atomic E-state index is 0.00839. The van der Waals surface area contributed by atoms with Crippen molar-refractivity contribution in [3.63, 3.8) is 0 Å². The number of hydrogen-bond acceptors (Lipinski definition) is 3. The average Bonchev–Trinajstić information content (AvgIpc) is 2.77. The third-order valence-electron chi connectivity index (χ3n) is 4.02. The van der Waals surface area contributed by atoms with E-state index < -0.39 is 0 Å². The van der Waals surface area contributed by atoms with E-state index in [1.54, 1.807) is 0 Å². The molecular weight excluding hydrogens is 238 g/mol. The molecule has 4 heteroatoms. The van der Waals surface area contributed by atoms with Gasteiger partial charge in [-0.05, 0) is 38.0 Å². The summed E-state index contributed by atoms with van der Waals surface area (Å²) in [5, 5.41) is 0. The van der Waals surface area contributed by atoms with Crippen LogP contribution in [0.2, 0.25) is 0 Å². The minimum absolute atomic E-state index is 0.00839. The first-order valence-electron chi connectivity index (χ1n) is 6.99. The Bertz CT molecular complexity index is 597. The van der Waals surface area contributed by atoms with Crippen molar-refractivity contribution >= 4 is 16.7 Å². The summed E-state index contributed by atoms with van der Waals surface area (Å²) in [5.41, 5.74) is 8.79. The van der Waals surface area contributed by atoms with E-state index in [9.17, 15) is 0 Å². The molecule has 2 N–H and O–H groups in total. The number of hydrogen-bond donors (Lipinski definition) is 1. The van der Waals surface area contributed by atoms with Crippen molar-refractivity contribution in [3.05, 3.63) is 24.0 Å². The lowest BCUT2D eigenvalue weighted by Gasteiger charge is -2.36. The summed E-state index contributed by atoms with van der Waals surface area (Å²) in [5.74, 6) is 1.12. The van der Waals surface area contributed by atoms with E-state index in [1.165, 1.54) is 5.52 Å². The van der Waals surface area contributed by atoms with Crippen LogP contribution >= 0.6 is 0 Å². The molecule has 1 saturated heterocycles. The summed E-state index contributed by atoms with van der Waals surface area (Å²) in [6.45, 7) is 6.05. The second-order valence-corrected chi connectivity index (χ2v) is 5.62. The van der Waals surface area contributed by atoms with Crippen LogP contribution in [-0.4, -0.2) is 22.8 Å². The maximum absolute atomic E-state index is 5.86. The van der Waals surface area contributed by atoms with E-state index in [2.05, 4.69) is 24.5 Å². The minimum Gasteiger partial charge on any atom is -0.399 e. The maximum atomic E-state index is 5.86. The van der Waals surface area contributed by atoms with Crippen LogP contribution in [0.5, 0.6) is 0 Å². The zero-order valence-electron chi connectivity index (χ0n) is 11.6. The first kappa shape index (κ1) is 12.5. The number of anilines is 1. The van der Waals surface area contributed by atoms with Gasteiger partial charge in [-0.25, -0.2) is 4.98 Å². The van der Waals surface area contributed by atoms with E-state index >= 15 is 0 Å². The van der Waals surface area contributed by atoms with Gasteiger partial charge in [0, 0.05) is 18.7 Å². The van der Waals surface area contributed by atoms with Gasteiger partial charge in [0.15, 0.2) is 0 Å². The number of aromatic nitrogens is 2. The topological polar surface area (TPSA) is 53.1 Å². The summed E-state index contributed by atoms with van der Waals surface area (Å²) < 4.78 is 8.07. The number of imidazole rings is 1. The van der Waals surface area contributed by atoms with E-state index in [-0.39, 0.29) is 5.54 Å². The van der Waals surface area contributed by atoms with E-state index in [4.69, 9.17) is 15.5 Å². The Labute approximate surface area is 113 Å². The van der Waals surface area contributed by atoms with Crippen LogP contribution in [-0.2, 0) is 16.7 Å². The quantitative estimate of drug-likeness (QED) is 0.844. The molecule has 102 valence electrons. The molecule has 0 spiro atoms. The summed E-state index contributed by atoms with van der Waals surface area (Å²) in [6.07, 6.45) is 3.16. The molecule has 1 aromatic carbocycles. The number of aryl methyl sites for hydroxylation is 1. The lowest BCUT2D eigenvalue weighted by atomic mass is 9.94. The molecule has 0 bridgehead atoms. The molecule has 1 fully saturated rings. The van der Waals surface area contributed by atoms with Crippen LogP contribution in [0.4, 0.5) is 5.69 Å². The molecule has 4 nitrogen and oxygen atoms in total. The number of fused-ring (bicyclic) bond motifs is 1. The Morgan fingerprint density at radius 3 is 3.00 bits per heavy atom. The van der Waals surface area contributed by atoms with Crippen LogP contribution in [0.1, 0.15) is 32.5 Å². The number of nitrogens with two attached hydrogens (primary N) is 1. The van der Waals surface area contributed by atoms with Crippen molar-refractivity contribution in [1.29, 1.82) is 0 Å². The monoisotopic (exact) mass is 259 g/mol. The van der Waals surface area contributed by atoms with Crippen molar-refractivity contribution in [2.45, 2.75) is 38.6 Å². The Kier molecular flexibility index (Phi) is 2.97. The summed E-state index contributed by atoms with van der Waals surface area (Å²) in [4.78, 5) is 4.74. The normalized spacial score (nSPS) is 23.9. The molecule has 1 atom stereocenters. The number of rotatable bonds is 2. The van der Waals surface area contributed by atoms with Crippen LogP contribution < -0.4 is 5.73 Å². The first-order valence-corrected chi connectivity index (χ1v) is 6.99. The molecule has 0 radical (unpaired) electrons. The number of ether oxygens (including phenoxy) is 1. The lowest BCUT2D eigenvalue weighted by Crippen LogP contribution is -2.39. The van der Waals surface area contributed by atoms with Gasteiger partial charge >= 0.3 is 0 Å². The van der Waals surface area contributed by atoms with Gasteiger partial charge in [-0.3, -0.25) is 0 Å². The van der Waals surface area contributed by atoms with Crippen LogP contribution in [0.25, 0.3) is 11.0 Å². The van der Waals surface area contributed by atoms with Gasteiger partial charge in [0.25, 0.3) is 0 Å². The molecule has 0 saturated carbocycles. The standard InChI is InChI=1S/C15H21N3O/c1-3-14-17-12-9-11(16)5-6-13(12)18(14)15(2)7-4-8-19-10-15/h5-6,9H,3-4,7-8,10,16H2,1-2H3. The molecule has 1 unspecified atom stereocenters. The van der Waals surface area contributed by atoms with Gasteiger partial charge in [-0.15, -0.1) is 0 Å². The molecule has 0 amide bonds. The number of benzene rings is 1. The Morgan fingerprint density at radius 2 is 2.32 bits per heavy atom. The first-order chi connectivity index (χ1) is 9.14. The molecule has 1 aliphatic rings. The number of nitrogens with zero attached hydrogens (tertiary/aromatic N) is 2. The van der Waals surface area contributed by atoms with Gasteiger partial charge in [-0.1, -0.05) is 6.92 Å². The molecule has 2 heterocycles. The van der Waals surface area contributed by atoms with Crippen LogP contribution in [0.15, 0.2) is 18.2 Å². The second-order valence-electron chi connectivity index (χ2n) is 5.62. The van der Waals surface area contributed by atoms with E-state index in [1.807, 2.05) is 12.1 Å². The molecule has 3 rings (SSSR count). The smallest absolute Gasteiger partial charge is 0.110 e. The van der Waals surface area contributed by atoms with E-state index in [0.29, 0.717) is 0 Å². The van der Waals surface area contributed by atoms with Crippen molar-refractivity contribution < 1.29 is 4.74 Å². The molecule has 1 aromatic heterocycles. The summed E-state index contributed by atoms with van der Waals surface area (Å²) in [6, 6.07) is 5.99. The van der Waals surface area contributed by atoms with Crippen molar-refractivity contribution in [3.8, 4) is 0 Å². The van der Waals surface area contributed by atoms with E-state index in [0.717, 1.165) is 49.5 Å². The third-order valence-corrected chi connectivity index (χ3v) is 4.02. The second kappa shape index (κ2) is 4.53. The van der Waals surface area contributed by atoms with Gasteiger partial charge < -0.3 is 15.0 Å². The summed E-state index contributed by atoms with van der Waals surface area (Å²) in [7, 11) is 0. The predicted molar refractivity (Wildman–Crippen MR) is 77.2 cm³/mol. The summed E-state index contributed by atoms with van der Waals surface area (Å²) >= 11 is 0. The lowest BCUT2D eigenvalue weighted by molar-refractivity contribution is 0.0102. The number of nitrogen functional groups attached to an aromatic ring is 1. The fourth-order valence-electron chi connectivity index (χ4n) is 3.08. The van der Waals surface area contributed by atoms with Crippen molar-refractivity contribution in [2.75, 3.05) is 18.9 Å². The molecular formula is C15H21N3O. The zero-order valence-corrected chi connectivity index (χ0v) is 11.6. The van der Waals surface area contributed by atoms with Crippen LogP contribution in [0, 0.1) is 0 Å². The maximum Gasteiger partial charge on any atom is 0.110 e. The predicted octanol–water partition coefficient (Wildman–Crippen LogP) is 2.71. The highest BCUT2D eigenvalue weighted by Gasteiger charge is 2.32. The van der Waals surface area contributed by atoms with Crippen LogP contribution in [0.3, 0.4) is 0 Å². The molecule has 2 aromatic rings. The fourth-order valence-corrected chi connectivity index (χ4v) is 3.08. The fraction of sp³-hybridized carbons (Fsp3) is 0.533. The zero-order chi connectivity index (χ0) is 13.5. The highest BCUT2D eigenvalue weighted by atomic mass is 16.5. The SMILES string of the molecule is CCc1nc2cc(N)ccc2n1C1(C)CCCOC1.